The van der Waals surface area contributed by atoms with E-state index in [1.807, 2.05) is 6.07 Å². The van der Waals surface area contributed by atoms with Gasteiger partial charge in [0.1, 0.15) is 29.5 Å². The van der Waals surface area contributed by atoms with Gasteiger partial charge in [-0.25, -0.2) is 9.97 Å². The number of nitrogens with zero attached hydrogens (tertiary/aromatic N) is 2. The molecule has 0 aliphatic heterocycles. The van der Waals surface area contributed by atoms with E-state index in [0.717, 1.165) is 11.5 Å². The summed E-state index contributed by atoms with van der Waals surface area (Å²) in [6, 6.07) is 5.89. The normalized spacial score (nSPS) is 14.8. The minimum absolute atomic E-state index is 0.488. The first-order valence-corrected chi connectivity index (χ1v) is 8.84. The zero-order valence-corrected chi connectivity index (χ0v) is 15.3. The number of halogens is 1. The third kappa shape index (κ3) is 4.45. The van der Waals surface area contributed by atoms with Crippen molar-refractivity contribution in [2.75, 3.05) is 24.9 Å². The molecule has 1 saturated carbocycles. The van der Waals surface area contributed by atoms with Crippen LogP contribution in [0.15, 0.2) is 24.5 Å². The maximum absolute atomic E-state index is 6.15. The first-order valence-electron chi connectivity index (χ1n) is 8.46. The Kier molecular flexibility index (Phi) is 5.81. The quantitative estimate of drug-likeness (QED) is 0.780. The summed E-state index contributed by atoms with van der Waals surface area (Å²) in [5.41, 5.74) is 0.728. The van der Waals surface area contributed by atoms with E-state index in [1.54, 1.807) is 32.7 Å². The molecule has 3 rings (SSSR count). The smallest absolute Gasteiger partial charge is 0.144 e. The van der Waals surface area contributed by atoms with Gasteiger partial charge in [0.05, 0.1) is 24.9 Å². The first-order chi connectivity index (χ1) is 12.2. The van der Waals surface area contributed by atoms with Gasteiger partial charge >= 0.3 is 0 Å². The second-order valence-corrected chi connectivity index (χ2v) is 6.49. The monoisotopic (exact) mass is 362 g/mol. The van der Waals surface area contributed by atoms with Gasteiger partial charge < -0.3 is 20.1 Å². The average molecular weight is 363 g/mol. The van der Waals surface area contributed by atoms with Crippen LogP contribution >= 0.6 is 11.6 Å². The molecule has 25 heavy (non-hydrogen) atoms. The van der Waals surface area contributed by atoms with Crippen LogP contribution in [0.4, 0.5) is 17.3 Å². The summed E-state index contributed by atoms with van der Waals surface area (Å²) in [6.45, 7) is 0. The fourth-order valence-electron chi connectivity index (χ4n) is 3.06. The summed E-state index contributed by atoms with van der Waals surface area (Å²) in [7, 11) is 3.17. The second kappa shape index (κ2) is 8.25. The van der Waals surface area contributed by atoms with Crippen LogP contribution in [-0.4, -0.2) is 30.2 Å². The fraction of sp³-hybridized carbons (Fsp3) is 0.444. The SMILES string of the molecule is COc1cc(Nc2cc(NC3CCCCC3)ncn2)c(OC)cc1Cl. The van der Waals surface area contributed by atoms with E-state index < -0.39 is 0 Å². The number of rotatable bonds is 6. The number of hydrogen-bond donors (Lipinski definition) is 2. The topological polar surface area (TPSA) is 68.3 Å². The number of anilines is 3. The molecule has 0 unspecified atom stereocenters. The maximum Gasteiger partial charge on any atom is 0.144 e. The molecule has 1 aliphatic carbocycles. The Hall–Kier alpha value is -2.21. The molecule has 2 aromatic rings. The minimum atomic E-state index is 0.488. The zero-order valence-electron chi connectivity index (χ0n) is 14.5. The fourth-order valence-corrected chi connectivity index (χ4v) is 3.29. The molecule has 0 bridgehead atoms. The number of hydrogen-bond acceptors (Lipinski definition) is 6. The molecule has 1 aromatic carbocycles. The van der Waals surface area contributed by atoms with Crippen molar-refractivity contribution in [3.63, 3.8) is 0 Å². The third-order valence-electron chi connectivity index (χ3n) is 4.36. The van der Waals surface area contributed by atoms with Gasteiger partial charge in [-0.15, -0.1) is 0 Å². The van der Waals surface area contributed by atoms with Crippen molar-refractivity contribution >= 4 is 28.9 Å². The van der Waals surface area contributed by atoms with Gasteiger partial charge in [0.2, 0.25) is 0 Å². The second-order valence-electron chi connectivity index (χ2n) is 6.08. The zero-order chi connectivity index (χ0) is 17.6. The lowest BCUT2D eigenvalue weighted by molar-refractivity contribution is 0.405. The Morgan fingerprint density at radius 3 is 2.40 bits per heavy atom. The lowest BCUT2D eigenvalue weighted by Crippen LogP contribution is -2.22. The van der Waals surface area contributed by atoms with Gasteiger partial charge in [-0.2, -0.15) is 0 Å². The molecule has 1 heterocycles. The highest BCUT2D eigenvalue weighted by molar-refractivity contribution is 6.32. The van der Waals surface area contributed by atoms with E-state index in [2.05, 4.69) is 20.6 Å². The van der Waals surface area contributed by atoms with Crippen molar-refractivity contribution in [3.05, 3.63) is 29.5 Å². The molecule has 0 atom stereocenters. The molecule has 2 N–H and O–H groups in total. The summed E-state index contributed by atoms with van der Waals surface area (Å²) in [6.07, 6.45) is 7.80. The van der Waals surface area contributed by atoms with Crippen LogP contribution in [0.3, 0.4) is 0 Å². The Morgan fingerprint density at radius 2 is 1.68 bits per heavy atom. The van der Waals surface area contributed by atoms with Crippen molar-refractivity contribution in [3.8, 4) is 11.5 Å². The molecular weight excluding hydrogens is 340 g/mol. The van der Waals surface area contributed by atoms with Crippen LogP contribution in [0.5, 0.6) is 11.5 Å². The molecule has 0 amide bonds. The van der Waals surface area contributed by atoms with E-state index in [-0.39, 0.29) is 0 Å². The van der Waals surface area contributed by atoms with Gasteiger partial charge in [0.25, 0.3) is 0 Å². The highest BCUT2D eigenvalue weighted by Gasteiger charge is 2.14. The molecular formula is C18H23ClN4O2. The van der Waals surface area contributed by atoms with Crippen LogP contribution in [0.2, 0.25) is 5.02 Å². The van der Waals surface area contributed by atoms with Crippen molar-refractivity contribution in [2.45, 2.75) is 38.1 Å². The number of ether oxygens (including phenoxy) is 2. The van der Waals surface area contributed by atoms with E-state index in [1.165, 1.54) is 32.1 Å². The van der Waals surface area contributed by atoms with Crippen molar-refractivity contribution in [2.24, 2.45) is 0 Å². The Bertz CT molecular complexity index is 720. The van der Waals surface area contributed by atoms with Gasteiger partial charge in [-0.05, 0) is 12.8 Å². The molecule has 1 fully saturated rings. The van der Waals surface area contributed by atoms with Crippen LogP contribution in [0, 0.1) is 0 Å². The molecule has 1 aromatic heterocycles. The molecule has 0 spiro atoms. The third-order valence-corrected chi connectivity index (χ3v) is 4.66. The van der Waals surface area contributed by atoms with Crippen molar-refractivity contribution < 1.29 is 9.47 Å². The first kappa shape index (κ1) is 17.6. The molecule has 1 aliphatic rings. The summed E-state index contributed by atoms with van der Waals surface area (Å²) in [5.74, 6) is 2.69. The number of nitrogens with one attached hydrogen (secondary N) is 2. The molecule has 0 saturated heterocycles. The summed E-state index contributed by atoms with van der Waals surface area (Å²) in [4.78, 5) is 8.62. The van der Waals surface area contributed by atoms with Crippen LogP contribution in [-0.2, 0) is 0 Å². The number of aromatic nitrogens is 2. The molecule has 6 nitrogen and oxygen atoms in total. The van der Waals surface area contributed by atoms with E-state index in [4.69, 9.17) is 21.1 Å². The summed E-state index contributed by atoms with van der Waals surface area (Å²) >= 11 is 6.15. The largest absolute Gasteiger partial charge is 0.495 e. The highest BCUT2D eigenvalue weighted by Crippen LogP contribution is 2.37. The van der Waals surface area contributed by atoms with Gasteiger partial charge in [-0.1, -0.05) is 30.9 Å². The maximum atomic E-state index is 6.15. The average Bonchev–Trinajstić information content (AvgIpc) is 2.64. The predicted molar refractivity (Wildman–Crippen MR) is 100 cm³/mol. The van der Waals surface area contributed by atoms with Crippen LogP contribution in [0.1, 0.15) is 32.1 Å². The highest BCUT2D eigenvalue weighted by atomic mass is 35.5. The van der Waals surface area contributed by atoms with Gasteiger partial charge in [-0.3, -0.25) is 0 Å². The van der Waals surface area contributed by atoms with E-state index in [0.29, 0.717) is 28.4 Å². The Morgan fingerprint density at radius 1 is 0.960 bits per heavy atom. The van der Waals surface area contributed by atoms with Gasteiger partial charge in [0.15, 0.2) is 0 Å². The molecule has 7 heteroatoms. The molecule has 134 valence electrons. The lowest BCUT2D eigenvalue weighted by Gasteiger charge is -2.23. The van der Waals surface area contributed by atoms with Crippen LogP contribution in [0.25, 0.3) is 0 Å². The van der Waals surface area contributed by atoms with Crippen molar-refractivity contribution in [1.29, 1.82) is 0 Å². The van der Waals surface area contributed by atoms with Crippen LogP contribution < -0.4 is 20.1 Å². The van der Waals surface area contributed by atoms with Gasteiger partial charge in [0, 0.05) is 24.2 Å². The standard InChI is InChI=1S/C18H23ClN4O2/c1-24-15-9-14(16(25-2)8-13(15)19)23-18-10-17(20-11-21-18)22-12-6-4-3-5-7-12/h8-12H,3-7H2,1-2H3,(H2,20,21,22,23). The Labute approximate surface area is 152 Å². The minimum Gasteiger partial charge on any atom is -0.495 e. The summed E-state index contributed by atoms with van der Waals surface area (Å²) < 4.78 is 10.7. The summed E-state index contributed by atoms with van der Waals surface area (Å²) in [5, 5.41) is 7.24. The lowest BCUT2D eigenvalue weighted by atomic mass is 9.95. The van der Waals surface area contributed by atoms with E-state index in [9.17, 15) is 0 Å². The molecule has 0 radical (unpaired) electrons. The number of methoxy groups -OCH3 is 2. The van der Waals surface area contributed by atoms with Crippen molar-refractivity contribution in [1.82, 2.24) is 9.97 Å². The van der Waals surface area contributed by atoms with E-state index >= 15 is 0 Å². The predicted octanol–water partition coefficient (Wildman–Crippen LogP) is 4.64. The Balaban J connectivity index is 1.77. The number of benzene rings is 1.